The number of allylic oxidation sites excluding steroid dienone is 1. The SMILES string of the molecule is C.CCCCCCN1C(C)=CC(C)N1C.CCCCCCN1CC=CN1C.Cc1cc(C)n(C)n1. The first-order valence-electron chi connectivity index (χ1n) is 13.5. The molecule has 0 radical (unpaired) electrons. The van der Waals surface area contributed by atoms with Crippen LogP contribution in [0.15, 0.2) is 30.1 Å². The number of hydrogen-bond donors (Lipinski definition) is 0. The van der Waals surface area contributed by atoms with Gasteiger partial charge in [0.15, 0.2) is 0 Å². The smallest absolute Gasteiger partial charge is 0.0596 e. The van der Waals surface area contributed by atoms with Gasteiger partial charge in [-0.1, -0.05) is 65.9 Å². The van der Waals surface area contributed by atoms with Crippen LogP contribution in [0.1, 0.15) is 97.9 Å². The molecule has 1 atom stereocenters. The van der Waals surface area contributed by atoms with Crippen molar-refractivity contribution in [3.8, 4) is 0 Å². The summed E-state index contributed by atoms with van der Waals surface area (Å²) in [5.41, 5.74) is 3.71. The van der Waals surface area contributed by atoms with E-state index in [1.165, 1.54) is 75.8 Å². The summed E-state index contributed by atoms with van der Waals surface area (Å²) in [4.78, 5) is 0. The molecular weight excluding hydrogens is 432 g/mol. The van der Waals surface area contributed by atoms with Crippen LogP contribution in [0.25, 0.3) is 0 Å². The van der Waals surface area contributed by atoms with E-state index in [1.807, 2.05) is 25.6 Å². The van der Waals surface area contributed by atoms with Gasteiger partial charge in [0.05, 0.1) is 5.69 Å². The van der Waals surface area contributed by atoms with Crippen molar-refractivity contribution in [3.63, 3.8) is 0 Å². The average Bonchev–Trinajstić information content (AvgIpc) is 3.41. The molecule has 2 aliphatic heterocycles. The summed E-state index contributed by atoms with van der Waals surface area (Å²) in [6.07, 6.45) is 17.5. The monoisotopic (exact) mass is 490 g/mol. The lowest BCUT2D eigenvalue weighted by molar-refractivity contribution is 0.0393. The predicted octanol–water partition coefficient (Wildman–Crippen LogP) is 6.94. The first-order chi connectivity index (χ1) is 16.2. The van der Waals surface area contributed by atoms with E-state index in [-0.39, 0.29) is 7.43 Å². The molecule has 0 fully saturated rings. The first-order valence-corrected chi connectivity index (χ1v) is 13.5. The zero-order valence-electron chi connectivity index (χ0n) is 23.8. The Morgan fingerprint density at radius 1 is 0.886 bits per heavy atom. The second-order valence-electron chi connectivity index (χ2n) is 9.79. The van der Waals surface area contributed by atoms with E-state index in [2.05, 4.69) is 91.3 Å². The highest BCUT2D eigenvalue weighted by Gasteiger charge is 2.22. The Hall–Kier alpha value is -1.79. The molecule has 0 saturated heterocycles. The summed E-state index contributed by atoms with van der Waals surface area (Å²) in [7, 11) is 6.24. The van der Waals surface area contributed by atoms with Gasteiger partial charge < -0.3 is 10.0 Å². The minimum absolute atomic E-state index is 0. The number of nitrogens with zero attached hydrogens (tertiary/aromatic N) is 6. The molecule has 0 amide bonds. The van der Waals surface area contributed by atoms with Gasteiger partial charge in [-0.05, 0) is 52.7 Å². The summed E-state index contributed by atoms with van der Waals surface area (Å²) in [6, 6.07) is 2.63. The van der Waals surface area contributed by atoms with E-state index < -0.39 is 0 Å². The lowest BCUT2D eigenvalue weighted by Gasteiger charge is -2.30. The first kappa shape index (κ1) is 33.2. The minimum Gasteiger partial charge on any atom is -0.316 e. The molecule has 0 spiro atoms. The molecule has 1 unspecified atom stereocenters. The van der Waals surface area contributed by atoms with Crippen molar-refractivity contribution in [2.24, 2.45) is 7.05 Å². The number of aromatic nitrogens is 2. The number of unbranched alkanes of at least 4 members (excludes halogenated alkanes) is 6. The Balaban J connectivity index is 0.000000505. The van der Waals surface area contributed by atoms with Crippen molar-refractivity contribution >= 4 is 0 Å². The van der Waals surface area contributed by atoms with Crippen LogP contribution in [-0.4, -0.2) is 69.6 Å². The van der Waals surface area contributed by atoms with Crippen LogP contribution in [0.5, 0.6) is 0 Å². The molecule has 1 aromatic heterocycles. The van der Waals surface area contributed by atoms with E-state index in [1.54, 1.807) is 0 Å². The van der Waals surface area contributed by atoms with Crippen LogP contribution in [-0.2, 0) is 7.05 Å². The van der Waals surface area contributed by atoms with Crippen LogP contribution < -0.4 is 0 Å². The quantitative estimate of drug-likeness (QED) is 0.332. The normalized spacial score (nSPS) is 17.5. The summed E-state index contributed by atoms with van der Waals surface area (Å²) in [6.45, 7) is 16.5. The average molecular weight is 491 g/mol. The highest BCUT2D eigenvalue weighted by Crippen LogP contribution is 2.20. The molecule has 204 valence electrons. The molecule has 2 aliphatic rings. The molecule has 0 N–H and O–H groups in total. The fourth-order valence-electron chi connectivity index (χ4n) is 4.29. The Morgan fingerprint density at radius 3 is 1.86 bits per heavy atom. The molecule has 0 saturated carbocycles. The second-order valence-corrected chi connectivity index (χ2v) is 9.79. The third-order valence-corrected chi connectivity index (χ3v) is 6.67. The Bertz CT molecular complexity index is 703. The summed E-state index contributed by atoms with van der Waals surface area (Å²) < 4.78 is 1.87. The predicted molar refractivity (Wildman–Crippen MR) is 154 cm³/mol. The minimum atomic E-state index is 0. The van der Waals surface area contributed by atoms with E-state index in [0.717, 1.165) is 12.2 Å². The van der Waals surface area contributed by atoms with Gasteiger partial charge in [0, 0.05) is 64.4 Å². The van der Waals surface area contributed by atoms with Crippen LogP contribution in [0.4, 0.5) is 0 Å². The second kappa shape index (κ2) is 18.5. The van der Waals surface area contributed by atoms with Gasteiger partial charge in [0.1, 0.15) is 0 Å². The highest BCUT2D eigenvalue weighted by molar-refractivity contribution is 5.08. The molecule has 3 rings (SSSR count). The van der Waals surface area contributed by atoms with Gasteiger partial charge in [0.25, 0.3) is 0 Å². The zero-order valence-corrected chi connectivity index (χ0v) is 23.8. The van der Waals surface area contributed by atoms with Crippen LogP contribution in [0.2, 0.25) is 0 Å². The van der Waals surface area contributed by atoms with Crippen LogP contribution in [0.3, 0.4) is 0 Å². The zero-order chi connectivity index (χ0) is 25.5. The third kappa shape index (κ3) is 12.6. The number of rotatable bonds is 10. The van der Waals surface area contributed by atoms with Gasteiger partial charge in [0.2, 0.25) is 0 Å². The van der Waals surface area contributed by atoms with Gasteiger partial charge in [-0.3, -0.25) is 4.68 Å². The molecule has 6 heteroatoms. The number of likely N-dealkylation sites (N-methyl/N-ethyl adjacent to an activating group) is 1. The maximum Gasteiger partial charge on any atom is 0.0596 e. The van der Waals surface area contributed by atoms with Crippen LogP contribution in [0, 0.1) is 13.8 Å². The number of hydrogen-bond acceptors (Lipinski definition) is 5. The Morgan fingerprint density at radius 2 is 1.49 bits per heavy atom. The van der Waals surface area contributed by atoms with Crippen molar-refractivity contribution in [2.45, 2.75) is 106 Å². The molecule has 35 heavy (non-hydrogen) atoms. The third-order valence-electron chi connectivity index (χ3n) is 6.67. The van der Waals surface area contributed by atoms with Crippen molar-refractivity contribution in [1.29, 1.82) is 0 Å². The fourth-order valence-corrected chi connectivity index (χ4v) is 4.29. The maximum atomic E-state index is 4.13. The number of hydrazine groups is 2. The van der Waals surface area contributed by atoms with Crippen molar-refractivity contribution in [2.75, 3.05) is 33.7 Å². The van der Waals surface area contributed by atoms with Gasteiger partial charge in [-0.25, -0.2) is 10.0 Å². The van der Waals surface area contributed by atoms with Crippen molar-refractivity contribution < 1.29 is 0 Å². The van der Waals surface area contributed by atoms with E-state index in [0.29, 0.717) is 6.04 Å². The topological polar surface area (TPSA) is 30.8 Å². The molecule has 1 aromatic rings. The lowest BCUT2D eigenvalue weighted by Crippen LogP contribution is -2.38. The summed E-state index contributed by atoms with van der Waals surface area (Å²) in [5, 5.41) is 13.4. The molecule has 0 aliphatic carbocycles. The summed E-state index contributed by atoms with van der Waals surface area (Å²) in [5.74, 6) is 0. The van der Waals surface area contributed by atoms with Crippen molar-refractivity contribution in [1.82, 2.24) is 29.8 Å². The molecule has 6 nitrogen and oxygen atoms in total. The van der Waals surface area contributed by atoms with E-state index >= 15 is 0 Å². The van der Waals surface area contributed by atoms with Crippen LogP contribution >= 0.6 is 0 Å². The maximum absolute atomic E-state index is 4.13. The van der Waals surface area contributed by atoms with Gasteiger partial charge in [-0.2, -0.15) is 5.10 Å². The molecule has 0 bridgehead atoms. The van der Waals surface area contributed by atoms with Crippen molar-refractivity contribution in [3.05, 3.63) is 41.5 Å². The Labute approximate surface area is 218 Å². The Kier molecular flexibility index (Phi) is 17.5. The largest absolute Gasteiger partial charge is 0.316 e. The van der Waals surface area contributed by atoms with E-state index in [9.17, 15) is 0 Å². The fraction of sp³-hybridized carbons (Fsp3) is 0.759. The lowest BCUT2D eigenvalue weighted by atomic mass is 10.2. The van der Waals surface area contributed by atoms with Gasteiger partial charge >= 0.3 is 0 Å². The standard InChI is InChI=1S/C12H24N2.C10H20N2.C6H10N2.CH4/c1-5-6-7-8-9-14-12(3)10-11(2)13(14)4;1-3-4-5-6-9-12-10-7-8-11(12)2;1-5-4-6(2)8(3)7-5;/h10-11H,5-9H2,1-4H3;7-8H,3-6,9-10H2,1-2H3;4H,1-3H3;1H4. The van der Waals surface area contributed by atoms with Gasteiger partial charge in [-0.15, -0.1) is 0 Å². The molecule has 3 heterocycles. The number of aryl methyl sites for hydroxylation is 3. The molecular formula is C29H58N6. The highest BCUT2D eigenvalue weighted by atomic mass is 15.6. The molecule has 0 aromatic carbocycles. The van der Waals surface area contributed by atoms with E-state index in [4.69, 9.17) is 0 Å². The summed E-state index contributed by atoms with van der Waals surface area (Å²) >= 11 is 0.